The molecule has 15 heavy (non-hydrogen) atoms. The molecule has 0 spiro atoms. The first-order chi connectivity index (χ1) is 7.20. The lowest BCUT2D eigenvalue weighted by Gasteiger charge is -2.16. The van der Waals surface area contributed by atoms with Gasteiger partial charge in [-0.2, -0.15) is 0 Å². The molecule has 0 saturated heterocycles. The van der Waals surface area contributed by atoms with E-state index in [0.717, 1.165) is 12.8 Å². The summed E-state index contributed by atoms with van der Waals surface area (Å²) in [7, 11) is 0. The van der Waals surface area contributed by atoms with E-state index >= 15 is 0 Å². The molecule has 0 aromatic heterocycles. The van der Waals surface area contributed by atoms with E-state index in [0.29, 0.717) is 5.92 Å². The summed E-state index contributed by atoms with van der Waals surface area (Å²) in [6, 6.07) is 0. The number of rotatable bonds is 10. The van der Waals surface area contributed by atoms with Crippen molar-refractivity contribution in [1.82, 2.24) is 0 Å². The van der Waals surface area contributed by atoms with Crippen molar-refractivity contribution in [1.29, 1.82) is 0 Å². The molecule has 0 heterocycles. The Labute approximate surface area is 96.3 Å². The van der Waals surface area contributed by atoms with Gasteiger partial charge in [0.15, 0.2) is 0 Å². The highest BCUT2D eigenvalue weighted by molar-refractivity contribution is 4.62. The molecule has 1 heteroatoms. The topological polar surface area (TPSA) is 20.2 Å². The maximum Gasteiger partial charge on any atom is 0.0542 e. The second kappa shape index (κ2) is 10.5. The van der Waals surface area contributed by atoms with Crippen LogP contribution in [0, 0.1) is 5.92 Å². The molecule has 0 rings (SSSR count). The Hall–Kier alpha value is -0.0400. The van der Waals surface area contributed by atoms with Crippen LogP contribution in [0.4, 0.5) is 0 Å². The minimum Gasteiger partial charge on any atom is -0.393 e. The van der Waals surface area contributed by atoms with Crippen molar-refractivity contribution in [2.24, 2.45) is 5.92 Å². The lowest BCUT2D eigenvalue weighted by Crippen LogP contribution is -2.11. The zero-order valence-corrected chi connectivity index (χ0v) is 11.0. The SMILES string of the molecule is CCCCCC(C)CC(O)CCCCC. The average Bonchev–Trinajstić information content (AvgIpc) is 2.18. The van der Waals surface area contributed by atoms with Gasteiger partial charge in [-0.3, -0.25) is 0 Å². The predicted octanol–water partition coefficient (Wildman–Crippen LogP) is 4.53. The van der Waals surface area contributed by atoms with E-state index in [1.807, 2.05) is 0 Å². The van der Waals surface area contributed by atoms with Gasteiger partial charge in [-0.1, -0.05) is 65.7 Å². The molecule has 0 aliphatic carbocycles. The van der Waals surface area contributed by atoms with E-state index in [2.05, 4.69) is 20.8 Å². The van der Waals surface area contributed by atoms with E-state index in [1.165, 1.54) is 44.9 Å². The Balaban J connectivity index is 3.35. The highest BCUT2D eigenvalue weighted by atomic mass is 16.3. The molecule has 0 aliphatic heterocycles. The lowest BCUT2D eigenvalue weighted by molar-refractivity contribution is 0.130. The lowest BCUT2D eigenvalue weighted by atomic mass is 9.95. The van der Waals surface area contributed by atoms with Crippen LogP contribution >= 0.6 is 0 Å². The number of aliphatic hydroxyl groups excluding tert-OH is 1. The molecule has 1 nitrogen and oxygen atoms in total. The van der Waals surface area contributed by atoms with Gasteiger partial charge >= 0.3 is 0 Å². The molecular weight excluding hydrogens is 184 g/mol. The van der Waals surface area contributed by atoms with Crippen LogP contribution in [0.25, 0.3) is 0 Å². The largest absolute Gasteiger partial charge is 0.393 e. The van der Waals surface area contributed by atoms with Crippen molar-refractivity contribution in [2.45, 2.75) is 84.7 Å². The van der Waals surface area contributed by atoms with Crippen LogP contribution in [0.15, 0.2) is 0 Å². The number of unbranched alkanes of at least 4 members (excludes halogenated alkanes) is 4. The molecular formula is C14H30O. The highest BCUT2D eigenvalue weighted by Crippen LogP contribution is 2.17. The van der Waals surface area contributed by atoms with Gasteiger partial charge in [-0.15, -0.1) is 0 Å². The predicted molar refractivity (Wildman–Crippen MR) is 68.1 cm³/mol. The van der Waals surface area contributed by atoms with Crippen molar-refractivity contribution in [2.75, 3.05) is 0 Å². The van der Waals surface area contributed by atoms with Gasteiger partial charge in [-0.05, 0) is 18.8 Å². The van der Waals surface area contributed by atoms with Crippen LogP contribution in [0.1, 0.15) is 78.6 Å². The van der Waals surface area contributed by atoms with Gasteiger partial charge in [0.25, 0.3) is 0 Å². The van der Waals surface area contributed by atoms with Crippen LogP contribution in [0.3, 0.4) is 0 Å². The number of hydrogen-bond acceptors (Lipinski definition) is 1. The fraction of sp³-hybridized carbons (Fsp3) is 1.00. The monoisotopic (exact) mass is 214 g/mol. The normalized spacial score (nSPS) is 15.2. The van der Waals surface area contributed by atoms with Gasteiger partial charge < -0.3 is 5.11 Å². The fourth-order valence-electron chi connectivity index (χ4n) is 2.07. The molecule has 0 aliphatic rings. The first kappa shape index (κ1) is 15.0. The van der Waals surface area contributed by atoms with Crippen molar-refractivity contribution >= 4 is 0 Å². The average molecular weight is 214 g/mol. The van der Waals surface area contributed by atoms with E-state index in [1.54, 1.807) is 0 Å². The zero-order valence-electron chi connectivity index (χ0n) is 11.0. The molecule has 2 atom stereocenters. The van der Waals surface area contributed by atoms with E-state index in [9.17, 15) is 5.11 Å². The summed E-state index contributed by atoms with van der Waals surface area (Å²) in [5.41, 5.74) is 0. The second-order valence-corrected chi connectivity index (χ2v) is 4.99. The van der Waals surface area contributed by atoms with Gasteiger partial charge in [-0.25, -0.2) is 0 Å². The molecule has 2 unspecified atom stereocenters. The van der Waals surface area contributed by atoms with E-state index in [-0.39, 0.29) is 6.10 Å². The molecule has 92 valence electrons. The third kappa shape index (κ3) is 10.2. The van der Waals surface area contributed by atoms with Crippen molar-refractivity contribution < 1.29 is 5.11 Å². The maximum atomic E-state index is 9.80. The summed E-state index contributed by atoms with van der Waals surface area (Å²) in [4.78, 5) is 0. The van der Waals surface area contributed by atoms with Gasteiger partial charge in [0.1, 0.15) is 0 Å². The van der Waals surface area contributed by atoms with Crippen LogP contribution in [0.5, 0.6) is 0 Å². The van der Waals surface area contributed by atoms with Crippen molar-refractivity contribution in [3.05, 3.63) is 0 Å². The molecule has 0 radical (unpaired) electrons. The van der Waals surface area contributed by atoms with Gasteiger partial charge in [0, 0.05) is 0 Å². The first-order valence-corrected chi connectivity index (χ1v) is 6.88. The zero-order chi connectivity index (χ0) is 11.5. The third-order valence-electron chi connectivity index (χ3n) is 3.12. The summed E-state index contributed by atoms with van der Waals surface area (Å²) >= 11 is 0. The van der Waals surface area contributed by atoms with E-state index in [4.69, 9.17) is 0 Å². The summed E-state index contributed by atoms with van der Waals surface area (Å²) in [6.07, 6.45) is 10.9. The summed E-state index contributed by atoms with van der Waals surface area (Å²) in [5.74, 6) is 0.702. The maximum absolute atomic E-state index is 9.80. The van der Waals surface area contributed by atoms with Crippen LogP contribution < -0.4 is 0 Å². The number of hydrogen-bond donors (Lipinski definition) is 1. The molecule has 1 N–H and O–H groups in total. The Kier molecular flexibility index (Phi) is 10.4. The summed E-state index contributed by atoms with van der Waals surface area (Å²) in [6.45, 7) is 6.72. The molecule has 0 fully saturated rings. The quantitative estimate of drug-likeness (QED) is 0.530. The van der Waals surface area contributed by atoms with Crippen molar-refractivity contribution in [3.63, 3.8) is 0 Å². The molecule has 0 aromatic rings. The Bertz CT molecular complexity index is 109. The molecule has 0 aromatic carbocycles. The minimum atomic E-state index is -0.0480. The van der Waals surface area contributed by atoms with Crippen LogP contribution in [-0.4, -0.2) is 11.2 Å². The van der Waals surface area contributed by atoms with Crippen molar-refractivity contribution in [3.8, 4) is 0 Å². The van der Waals surface area contributed by atoms with Crippen LogP contribution in [-0.2, 0) is 0 Å². The Morgan fingerprint density at radius 3 is 1.93 bits per heavy atom. The molecule has 0 bridgehead atoms. The van der Waals surface area contributed by atoms with E-state index < -0.39 is 0 Å². The fourth-order valence-corrected chi connectivity index (χ4v) is 2.07. The highest BCUT2D eigenvalue weighted by Gasteiger charge is 2.09. The molecule has 0 amide bonds. The standard InChI is InChI=1S/C14H30O/c1-4-6-8-10-13(3)12-14(15)11-9-7-5-2/h13-15H,4-12H2,1-3H3. The minimum absolute atomic E-state index is 0.0480. The third-order valence-corrected chi connectivity index (χ3v) is 3.12. The Morgan fingerprint density at radius 1 is 0.867 bits per heavy atom. The van der Waals surface area contributed by atoms with Gasteiger partial charge in [0.2, 0.25) is 0 Å². The summed E-state index contributed by atoms with van der Waals surface area (Å²) < 4.78 is 0. The smallest absolute Gasteiger partial charge is 0.0542 e. The summed E-state index contributed by atoms with van der Waals surface area (Å²) in [5, 5.41) is 9.80. The number of aliphatic hydroxyl groups is 1. The second-order valence-electron chi connectivity index (χ2n) is 4.99. The molecule has 0 saturated carbocycles. The van der Waals surface area contributed by atoms with Crippen LogP contribution in [0.2, 0.25) is 0 Å². The van der Waals surface area contributed by atoms with Gasteiger partial charge in [0.05, 0.1) is 6.10 Å². The first-order valence-electron chi connectivity index (χ1n) is 6.88. The Morgan fingerprint density at radius 2 is 1.40 bits per heavy atom.